The Morgan fingerprint density at radius 3 is 2.14 bits per heavy atom. The summed E-state index contributed by atoms with van der Waals surface area (Å²) in [6.45, 7) is 0. The molecule has 0 saturated carbocycles. The van der Waals surface area contributed by atoms with Crippen molar-refractivity contribution >= 4 is 26.6 Å². The number of thiophene rings is 1. The normalized spacial score (nSPS) is 11.5. The number of ether oxygens (including phenoxy) is 2. The largest absolute Gasteiger partial charge is 0.590 e. The molecule has 140 valence electrons. The monoisotopic (exact) mass is 390 g/mol. The fraction of sp³-hybridized carbons (Fsp3) is 0.0870. The van der Waals surface area contributed by atoms with Crippen molar-refractivity contribution in [3.8, 4) is 22.6 Å². The molecule has 1 heterocycles. The molecule has 5 heteroatoms. The second-order valence-corrected chi connectivity index (χ2v) is 7.64. The van der Waals surface area contributed by atoms with Crippen LogP contribution >= 0.6 is 10.8 Å². The van der Waals surface area contributed by atoms with Gasteiger partial charge in [0.1, 0.15) is 11.5 Å². The average Bonchev–Trinajstić information content (AvgIpc) is 3.05. The highest BCUT2D eigenvalue weighted by Crippen LogP contribution is 2.46. The van der Waals surface area contributed by atoms with Crippen molar-refractivity contribution < 1.29 is 18.8 Å². The summed E-state index contributed by atoms with van der Waals surface area (Å²) in [7, 11) is 1.54. The third kappa shape index (κ3) is 3.05. The SMILES string of the molecule is COc1ccc(C(=O)c2c(-c3ccccc3)c3ccc(OC)cc3[s+]2[O-])cc1. The maximum absolute atomic E-state index is 13.3. The van der Waals surface area contributed by atoms with Gasteiger partial charge in [-0.1, -0.05) is 30.3 Å². The summed E-state index contributed by atoms with van der Waals surface area (Å²) in [4.78, 5) is 13.6. The topological polar surface area (TPSA) is 58.6 Å². The molecule has 4 aromatic rings. The number of hydrogen-bond acceptors (Lipinski definition) is 4. The summed E-state index contributed by atoms with van der Waals surface area (Å²) in [5.74, 6) is 1.02. The molecule has 0 aliphatic heterocycles. The first kappa shape index (κ1) is 18.2. The molecule has 0 radical (unpaired) electrons. The molecule has 3 aromatic carbocycles. The first-order valence-electron chi connectivity index (χ1n) is 8.72. The van der Waals surface area contributed by atoms with Crippen molar-refractivity contribution in [1.29, 1.82) is 0 Å². The fourth-order valence-corrected chi connectivity index (χ4v) is 4.79. The Labute approximate surface area is 165 Å². The lowest BCUT2D eigenvalue weighted by atomic mass is 9.98. The summed E-state index contributed by atoms with van der Waals surface area (Å²) in [5.41, 5.74) is 2.03. The van der Waals surface area contributed by atoms with E-state index in [4.69, 9.17) is 9.47 Å². The lowest BCUT2D eigenvalue weighted by molar-refractivity contribution is 0.104. The number of hydrogen-bond donors (Lipinski definition) is 0. The summed E-state index contributed by atoms with van der Waals surface area (Å²) >= 11 is 0. The molecule has 0 bridgehead atoms. The minimum atomic E-state index is -1.60. The molecule has 0 N–H and O–H groups in total. The predicted molar refractivity (Wildman–Crippen MR) is 111 cm³/mol. The van der Waals surface area contributed by atoms with E-state index in [1.807, 2.05) is 42.5 Å². The van der Waals surface area contributed by atoms with E-state index in [1.54, 1.807) is 44.6 Å². The maximum Gasteiger partial charge on any atom is 0.245 e. The first-order chi connectivity index (χ1) is 13.6. The van der Waals surface area contributed by atoms with Gasteiger partial charge in [-0.25, -0.2) is 0 Å². The number of carbonyl (C=O) groups excluding carboxylic acids is 1. The van der Waals surface area contributed by atoms with E-state index < -0.39 is 10.8 Å². The van der Waals surface area contributed by atoms with E-state index >= 15 is 0 Å². The van der Waals surface area contributed by atoms with Gasteiger partial charge in [0.2, 0.25) is 10.7 Å². The summed E-state index contributed by atoms with van der Waals surface area (Å²) in [5, 5.41) is 0.794. The van der Waals surface area contributed by atoms with Crippen LogP contribution in [0.2, 0.25) is 0 Å². The summed E-state index contributed by atoms with van der Waals surface area (Å²) in [6.07, 6.45) is 0. The van der Waals surface area contributed by atoms with Gasteiger partial charge in [-0.3, -0.25) is 4.79 Å². The van der Waals surface area contributed by atoms with Crippen molar-refractivity contribution in [2.75, 3.05) is 14.2 Å². The molecular weight excluding hydrogens is 372 g/mol. The summed E-state index contributed by atoms with van der Waals surface area (Å²) < 4.78 is 24.4. The standard InChI is InChI=1S/C23H18O4S/c1-26-17-10-8-16(9-11-17)22(24)23-21(15-6-4-3-5-7-15)19-13-12-18(27-2)14-20(19)28(23)25/h3-14H,1-2H3. The molecule has 1 aromatic heterocycles. The zero-order valence-electron chi connectivity index (χ0n) is 15.5. The quantitative estimate of drug-likeness (QED) is 0.334. The highest BCUT2D eigenvalue weighted by molar-refractivity contribution is 7.33. The van der Waals surface area contributed by atoms with Gasteiger partial charge in [-0.2, -0.15) is 0 Å². The van der Waals surface area contributed by atoms with Gasteiger partial charge in [-0.15, -0.1) is 0 Å². The molecule has 0 aliphatic rings. The first-order valence-corrected chi connectivity index (χ1v) is 9.87. The average molecular weight is 390 g/mol. The highest BCUT2D eigenvalue weighted by Gasteiger charge is 2.30. The van der Waals surface area contributed by atoms with Crippen LogP contribution in [0.4, 0.5) is 0 Å². The molecule has 1 atom stereocenters. The van der Waals surface area contributed by atoms with Crippen molar-refractivity contribution in [1.82, 2.24) is 0 Å². The van der Waals surface area contributed by atoms with Gasteiger partial charge in [0.25, 0.3) is 0 Å². The van der Waals surface area contributed by atoms with Crippen LogP contribution in [0.1, 0.15) is 15.2 Å². The smallest absolute Gasteiger partial charge is 0.245 e. The Hall–Kier alpha value is -3.15. The predicted octanol–water partition coefficient (Wildman–Crippen LogP) is 5.48. The van der Waals surface area contributed by atoms with Crippen molar-refractivity contribution in [2.24, 2.45) is 0 Å². The number of methoxy groups -OCH3 is 2. The molecular formula is C23H18O4S. The third-order valence-electron chi connectivity index (χ3n) is 4.69. The van der Waals surface area contributed by atoms with E-state index in [2.05, 4.69) is 0 Å². The second kappa shape index (κ2) is 7.46. The molecule has 0 aliphatic carbocycles. The Kier molecular flexibility index (Phi) is 4.86. The minimum Gasteiger partial charge on any atom is -0.590 e. The number of carbonyl (C=O) groups is 1. The van der Waals surface area contributed by atoms with E-state index in [9.17, 15) is 9.35 Å². The van der Waals surface area contributed by atoms with Crippen molar-refractivity contribution in [2.45, 2.75) is 0 Å². The van der Waals surface area contributed by atoms with E-state index in [0.717, 1.165) is 10.9 Å². The van der Waals surface area contributed by atoms with Crippen molar-refractivity contribution in [3.05, 3.63) is 83.2 Å². The van der Waals surface area contributed by atoms with Crippen LogP contribution in [0.15, 0.2) is 72.8 Å². The molecule has 1 unspecified atom stereocenters. The number of rotatable bonds is 5. The fourth-order valence-electron chi connectivity index (χ4n) is 3.28. The van der Waals surface area contributed by atoms with Gasteiger partial charge in [0, 0.05) is 17.0 Å². The van der Waals surface area contributed by atoms with Crippen LogP contribution in [0.25, 0.3) is 21.2 Å². The van der Waals surface area contributed by atoms with Crippen LogP contribution in [0, 0.1) is 0 Å². The zero-order valence-corrected chi connectivity index (χ0v) is 16.3. The molecule has 28 heavy (non-hydrogen) atoms. The van der Waals surface area contributed by atoms with Crippen LogP contribution < -0.4 is 9.47 Å². The molecule has 0 spiro atoms. The van der Waals surface area contributed by atoms with Gasteiger partial charge < -0.3 is 14.0 Å². The lowest BCUT2D eigenvalue weighted by Crippen LogP contribution is -2.02. The molecule has 0 fully saturated rings. The van der Waals surface area contributed by atoms with E-state index in [1.165, 1.54) is 0 Å². The number of ketones is 1. The van der Waals surface area contributed by atoms with Gasteiger partial charge in [0.05, 0.1) is 19.8 Å². The highest BCUT2D eigenvalue weighted by atomic mass is 32.2. The van der Waals surface area contributed by atoms with E-state index in [-0.39, 0.29) is 5.78 Å². The van der Waals surface area contributed by atoms with Crippen molar-refractivity contribution in [3.63, 3.8) is 0 Å². The van der Waals surface area contributed by atoms with E-state index in [0.29, 0.717) is 32.2 Å². The maximum atomic E-state index is 13.3. The Bertz CT molecular complexity index is 1140. The van der Waals surface area contributed by atoms with Crippen LogP contribution in [0.3, 0.4) is 0 Å². The minimum absolute atomic E-state index is 0.255. The van der Waals surface area contributed by atoms with Crippen LogP contribution in [-0.2, 0) is 0 Å². The lowest BCUT2D eigenvalue weighted by Gasteiger charge is -2.04. The molecule has 4 rings (SSSR count). The van der Waals surface area contributed by atoms with Gasteiger partial charge in [0.15, 0.2) is 4.70 Å². The van der Waals surface area contributed by atoms with Gasteiger partial charge in [-0.05, 0) is 52.7 Å². The zero-order chi connectivity index (χ0) is 19.7. The Morgan fingerprint density at radius 1 is 0.857 bits per heavy atom. The summed E-state index contributed by atoms with van der Waals surface area (Å²) in [6, 6.07) is 21.8. The molecule has 0 amide bonds. The molecule has 4 nitrogen and oxygen atoms in total. The van der Waals surface area contributed by atoms with Gasteiger partial charge >= 0.3 is 0 Å². The number of benzene rings is 3. The second-order valence-electron chi connectivity index (χ2n) is 6.26. The molecule has 0 saturated heterocycles. The van der Waals surface area contributed by atoms with Crippen LogP contribution in [0.5, 0.6) is 11.5 Å². The Balaban J connectivity index is 1.98. The third-order valence-corrected chi connectivity index (χ3v) is 6.19. The Morgan fingerprint density at radius 2 is 1.50 bits per heavy atom. The van der Waals surface area contributed by atoms with Crippen LogP contribution in [-0.4, -0.2) is 24.6 Å². The number of fused-ring (bicyclic) bond motifs is 1.